The van der Waals surface area contributed by atoms with E-state index in [2.05, 4.69) is 18.2 Å². The van der Waals surface area contributed by atoms with Gasteiger partial charge in [0.05, 0.1) is 10.9 Å². The Hall–Kier alpha value is -1.42. The molecule has 3 nitrogen and oxygen atoms in total. The van der Waals surface area contributed by atoms with Crippen molar-refractivity contribution in [3.63, 3.8) is 0 Å². The minimum absolute atomic E-state index is 0.0105. The molecule has 1 amide bonds. The zero-order valence-corrected chi connectivity index (χ0v) is 13.7. The predicted octanol–water partition coefficient (Wildman–Crippen LogP) is 3.02. The maximum atomic E-state index is 13.0. The van der Waals surface area contributed by atoms with Crippen LogP contribution in [0.25, 0.3) is 0 Å². The van der Waals surface area contributed by atoms with Gasteiger partial charge in [-0.2, -0.15) is 0 Å². The van der Waals surface area contributed by atoms with Gasteiger partial charge in [0.15, 0.2) is 0 Å². The Balaban J connectivity index is 2.19. The van der Waals surface area contributed by atoms with Crippen LogP contribution in [0.5, 0.6) is 0 Å². The summed E-state index contributed by atoms with van der Waals surface area (Å²) in [6.45, 7) is 4.71. The molecule has 2 rings (SSSR count). The lowest BCUT2D eigenvalue weighted by Crippen LogP contribution is -2.42. The third-order valence-corrected chi connectivity index (χ3v) is 4.38. The predicted molar refractivity (Wildman–Crippen MR) is 90.4 cm³/mol. The van der Waals surface area contributed by atoms with Crippen molar-refractivity contribution in [2.24, 2.45) is 5.73 Å². The van der Waals surface area contributed by atoms with Crippen molar-refractivity contribution in [2.75, 3.05) is 6.54 Å². The van der Waals surface area contributed by atoms with Crippen LogP contribution in [-0.4, -0.2) is 28.4 Å². The third kappa shape index (κ3) is 3.82. The molecule has 4 heteroatoms. The van der Waals surface area contributed by atoms with Gasteiger partial charge in [0.25, 0.3) is 0 Å². The highest BCUT2D eigenvalue weighted by atomic mass is 32.1. The van der Waals surface area contributed by atoms with Crippen LogP contribution in [0, 0.1) is 0 Å². The van der Waals surface area contributed by atoms with E-state index in [1.807, 2.05) is 24.8 Å². The second-order valence-electron chi connectivity index (χ2n) is 5.99. The number of aryl methyl sites for hydroxylation is 1. The van der Waals surface area contributed by atoms with Crippen LogP contribution < -0.4 is 5.73 Å². The largest absolute Gasteiger partial charge is 0.393 e. The van der Waals surface area contributed by atoms with Crippen LogP contribution in [0.3, 0.4) is 0 Å². The molecule has 1 atom stereocenters. The van der Waals surface area contributed by atoms with Gasteiger partial charge in [-0.1, -0.05) is 36.5 Å². The number of thiocarbonyl (C=S) groups is 1. The zero-order chi connectivity index (χ0) is 15.4. The Morgan fingerprint density at radius 3 is 2.81 bits per heavy atom. The van der Waals surface area contributed by atoms with Crippen molar-refractivity contribution >= 4 is 23.1 Å². The number of rotatable bonds is 5. The molecule has 1 aliphatic rings. The summed E-state index contributed by atoms with van der Waals surface area (Å²) in [4.78, 5) is 15.3. The van der Waals surface area contributed by atoms with Gasteiger partial charge in [-0.3, -0.25) is 4.79 Å². The molecule has 0 aliphatic heterocycles. The normalized spacial score (nSPS) is 17.4. The highest BCUT2D eigenvalue weighted by Crippen LogP contribution is 2.33. The minimum Gasteiger partial charge on any atom is -0.393 e. The molecule has 0 aromatic heterocycles. The quantitative estimate of drug-likeness (QED) is 0.851. The maximum absolute atomic E-state index is 13.0. The second kappa shape index (κ2) is 7.03. The van der Waals surface area contributed by atoms with Crippen molar-refractivity contribution in [3.8, 4) is 0 Å². The van der Waals surface area contributed by atoms with Crippen LogP contribution in [0.2, 0.25) is 0 Å². The first-order valence-corrected chi connectivity index (χ1v) is 8.08. The van der Waals surface area contributed by atoms with Gasteiger partial charge in [0.2, 0.25) is 5.91 Å². The minimum atomic E-state index is -0.0105. The Kier molecular flexibility index (Phi) is 5.34. The van der Waals surface area contributed by atoms with Crippen LogP contribution >= 0.6 is 12.2 Å². The van der Waals surface area contributed by atoms with Gasteiger partial charge in [0, 0.05) is 19.0 Å². The van der Waals surface area contributed by atoms with Crippen molar-refractivity contribution < 1.29 is 4.79 Å². The van der Waals surface area contributed by atoms with Crippen LogP contribution in [0.1, 0.15) is 50.2 Å². The summed E-state index contributed by atoms with van der Waals surface area (Å²) >= 11 is 4.95. The van der Waals surface area contributed by atoms with Gasteiger partial charge in [-0.15, -0.1) is 0 Å². The topological polar surface area (TPSA) is 46.3 Å². The molecule has 1 aromatic carbocycles. The summed E-state index contributed by atoms with van der Waals surface area (Å²) in [6, 6.07) is 8.49. The molecule has 1 aliphatic carbocycles. The molecule has 0 bridgehead atoms. The van der Waals surface area contributed by atoms with Crippen molar-refractivity contribution in [3.05, 3.63) is 35.4 Å². The van der Waals surface area contributed by atoms with Crippen LogP contribution in [-0.2, 0) is 11.2 Å². The number of nitrogens with two attached hydrogens (primary N) is 1. The Labute approximate surface area is 132 Å². The van der Waals surface area contributed by atoms with E-state index in [9.17, 15) is 4.79 Å². The van der Waals surface area contributed by atoms with Gasteiger partial charge in [-0.25, -0.2) is 0 Å². The van der Waals surface area contributed by atoms with Gasteiger partial charge in [0.1, 0.15) is 0 Å². The second-order valence-corrected chi connectivity index (χ2v) is 6.51. The van der Waals surface area contributed by atoms with E-state index in [1.54, 1.807) is 0 Å². The lowest BCUT2D eigenvalue weighted by molar-refractivity contribution is -0.134. The molecule has 0 heterocycles. The summed E-state index contributed by atoms with van der Waals surface area (Å²) in [6.07, 6.45) is 3.68. The summed E-state index contributed by atoms with van der Waals surface area (Å²) in [5, 5.41) is 0. The number of benzene rings is 1. The third-order valence-electron chi connectivity index (χ3n) is 4.17. The molecule has 0 fully saturated rings. The van der Waals surface area contributed by atoms with E-state index in [1.165, 1.54) is 11.1 Å². The lowest BCUT2D eigenvalue weighted by atomic mass is 9.82. The van der Waals surface area contributed by atoms with E-state index < -0.39 is 0 Å². The molecule has 0 saturated heterocycles. The molecule has 0 radical (unpaired) electrons. The van der Waals surface area contributed by atoms with Crippen LogP contribution in [0.15, 0.2) is 24.3 Å². The fourth-order valence-electron chi connectivity index (χ4n) is 3.06. The van der Waals surface area contributed by atoms with E-state index in [-0.39, 0.29) is 17.9 Å². The number of carbonyl (C=O) groups is 1. The molecule has 0 saturated carbocycles. The summed E-state index contributed by atoms with van der Waals surface area (Å²) in [7, 11) is 0. The monoisotopic (exact) mass is 304 g/mol. The highest BCUT2D eigenvalue weighted by molar-refractivity contribution is 7.80. The van der Waals surface area contributed by atoms with Gasteiger partial charge in [-0.05, 0) is 44.2 Å². The van der Waals surface area contributed by atoms with Gasteiger partial charge < -0.3 is 10.6 Å². The molecular formula is C17H24N2OS. The smallest absolute Gasteiger partial charge is 0.230 e. The van der Waals surface area contributed by atoms with Crippen molar-refractivity contribution in [2.45, 2.75) is 51.5 Å². The number of hydrogen-bond acceptors (Lipinski definition) is 2. The van der Waals surface area contributed by atoms with E-state index in [4.69, 9.17) is 18.0 Å². The Bertz CT molecular complexity index is 527. The first kappa shape index (κ1) is 16.0. The maximum Gasteiger partial charge on any atom is 0.230 e. The number of nitrogens with zero attached hydrogens (tertiary/aromatic N) is 1. The van der Waals surface area contributed by atoms with E-state index >= 15 is 0 Å². The zero-order valence-electron chi connectivity index (χ0n) is 12.8. The molecule has 1 unspecified atom stereocenters. The molecule has 0 spiro atoms. The lowest BCUT2D eigenvalue weighted by Gasteiger charge is -2.33. The summed E-state index contributed by atoms with van der Waals surface area (Å²) < 4.78 is 0. The summed E-state index contributed by atoms with van der Waals surface area (Å²) in [5.41, 5.74) is 8.11. The standard InChI is InChI=1S/C17H24N2OS/c1-12(2)19(11-10-16(18)21)17(20)15-9-5-7-13-6-3-4-8-14(13)15/h3-4,6,8,12,15H,5,7,9-11H2,1-2H3,(H2,18,21). The fraction of sp³-hybridized carbons (Fsp3) is 0.529. The number of hydrogen-bond donors (Lipinski definition) is 1. The fourth-order valence-corrected chi connectivity index (χ4v) is 3.16. The SMILES string of the molecule is CC(C)N(CCC(N)=S)C(=O)C1CCCc2ccccc21. The molecule has 1 aromatic rings. The molecule has 114 valence electrons. The Morgan fingerprint density at radius 2 is 2.14 bits per heavy atom. The van der Waals surface area contributed by atoms with Crippen molar-refractivity contribution in [1.29, 1.82) is 0 Å². The molecule has 2 N–H and O–H groups in total. The Morgan fingerprint density at radius 1 is 1.43 bits per heavy atom. The van der Waals surface area contributed by atoms with E-state index in [0.29, 0.717) is 18.0 Å². The first-order valence-electron chi connectivity index (χ1n) is 7.67. The number of amides is 1. The number of fused-ring (bicyclic) bond motifs is 1. The first-order chi connectivity index (χ1) is 10.0. The number of carbonyl (C=O) groups excluding carboxylic acids is 1. The average Bonchev–Trinajstić information content (AvgIpc) is 2.46. The highest BCUT2D eigenvalue weighted by Gasteiger charge is 2.30. The van der Waals surface area contributed by atoms with E-state index in [0.717, 1.165) is 19.3 Å². The molecular weight excluding hydrogens is 280 g/mol. The average molecular weight is 304 g/mol. The van der Waals surface area contributed by atoms with Gasteiger partial charge >= 0.3 is 0 Å². The molecule has 21 heavy (non-hydrogen) atoms. The van der Waals surface area contributed by atoms with Crippen molar-refractivity contribution in [1.82, 2.24) is 4.90 Å². The summed E-state index contributed by atoms with van der Waals surface area (Å²) in [5.74, 6) is 0.206. The van der Waals surface area contributed by atoms with Crippen LogP contribution in [0.4, 0.5) is 0 Å².